The average molecular weight is 359 g/mol. The Kier molecular flexibility index (Phi) is 16.7. The number of hydrogen-bond acceptors (Lipinski definition) is 2. The van der Waals surface area contributed by atoms with Gasteiger partial charge in [-0.05, 0) is 25.4 Å². The Bertz CT molecular complexity index is 256. The Morgan fingerprint density at radius 2 is 1.12 bits per heavy atom. The summed E-state index contributed by atoms with van der Waals surface area (Å²) in [4.78, 5) is 0. The van der Waals surface area contributed by atoms with Gasteiger partial charge in [0, 0.05) is 13.2 Å². The first-order valence-corrected chi connectivity index (χ1v) is 13.6. The zero-order valence-electron chi connectivity index (χ0n) is 17.5. The second-order valence-electron chi connectivity index (χ2n) is 7.96. The van der Waals surface area contributed by atoms with E-state index < -0.39 is 8.56 Å². The van der Waals surface area contributed by atoms with Crippen LogP contribution in [0.2, 0.25) is 13.1 Å². The molecule has 0 heterocycles. The van der Waals surface area contributed by atoms with Crippen molar-refractivity contribution in [2.24, 2.45) is 5.92 Å². The van der Waals surface area contributed by atoms with Gasteiger partial charge in [0.2, 0.25) is 0 Å². The Morgan fingerprint density at radius 1 is 0.667 bits per heavy atom. The van der Waals surface area contributed by atoms with Crippen LogP contribution in [-0.2, 0) is 8.85 Å². The van der Waals surface area contributed by atoms with Crippen LogP contribution in [0.15, 0.2) is 0 Å². The Balaban J connectivity index is 3.29. The third kappa shape index (κ3) is 17.0. The van der Waals surface area contributed by atoms with Crippen molar-refractivity contribution < 1.29 is 8.85 Å². The third-order valence-electron chi connectivity index (χ3n) is 4.86. The zero-order valence-corrected chi connectivity index (χ0v) is 18.5. The summed E-state index contributed by atoms with van der Waals surface area (Å²) >= 11 is 0. The predicted octanol–water partition coefficient (Wildman–Crippen LogP) is 7.47. The zero-order chi connectivity index (χ0) is 18.1. The molecule has 0 radical (unpaired) electrons. The van der Waals surface area contributed by atoms with Crippen LogP contribution in [0, 0.1) is 5.92 Å². The molecule has 0 fully saturated rings. The molecule has 0 aliphatic rings. The van der Waals surface area contributed by atoms with E-state index in [1.54, 1.807) is 0 Å². The van der Waals surface area contributed by atoms with Crippen LogP contribution < -0.4 is 0 Å². The molecule has 0 aliphatic heterocycles. The maximum Gasteiger partial charge on any atom is 0.331 e. The minimum Gasteiger partial charge on any atom is -0.395 e. The molecule has 1 unspecified atom stereocenters. The van der Waals surface area contributed by atoms with E-state index in [2.05, 4.69) is 33.9 Å². The van der Waals surface area contributed by atoms with E-state index in [-0.39, 0.29) is 0 Å². The second-order valence-corrected chi connectivity index (χ2v) is 11.3. The smallest absolute Gasteiger partial charge is 0.331 e. The van der Waals surface area contributed by atoms with Gasteiger partial charge in [0.25, 0.3) is 0 Å². The first-order valence-electron chi connectivity index (χ1n) is 10.8. The summed E-state index contributed by atoms with van der Waals surface area (Å²) in [6.07, 6.45) is 17.9. The summed E-state index contributed by atoms with van der Waals surface area (Å²) in [5.41, 5.74) is 0. The van der Waals surface area contributed by atoms with E-state index in [9.17, 15) is 0 Å². The van der Waals surface area contributed by atoms with Gasteiger partial charge in [-0.15, -0.1) is 0 Å². The molecule has 3 heteroatoms. The van der Waals surface area contributed by atoms with Crippen molar-refractivity contribution in [3.05, 3.63) is 0 Å². The quantitative estimate of drug-likeness (QED) is 0.187. The SMILES string of the molecule is CCCCCCCCCCCCCCO[Si](C)(C)OCC(C)CC. The van der Waals surface area contributed by atoms with Crippen LogP contribution in [0.3, 0.4) is 0 Å². The van der Waals surface area contributed by atoms with Crippen molar-refractivity contribution in [1.82, 2.24) is 0 Å². The molecule has 0 rings (SSSR count). The summed E-state index contributed by atoms with van der Waals surface area (Å²) in [5.74, 6) is 0.645. The average Bonchev–Trinajstić information content (AvgIpc) is 2.57. The molecule has 0 aliphatic carbocycles. The lowest BCUT2D eigenvalue weighted by atomic mass is 10.1. The largest absolute Gasteiger partial charge is 0.395 e. The van der Waals surface area contributed by atoms with Crippen LogP contribution in [0.25, 0.3) is 0 Å². The van der Waals surface area contributed by atoms with Crippen molar-refractivity contribution in [2.45, 2.75) is 117 Å². The van der Waals surface area contributed by atoms with Crippen molar-refractivity contribution in [3.8, 4) is 0 Å². The standard InChI is InChI=1S/C21H46O2Si/c1-6-8-9-10-11-12-13-14-15-16-17-18-19-22-24(4,5)23-20-21(3)7-2/h21H,6-20H2,1-5H3. The Hall–Kier alpha value is 0.137. The molecule has 0 N–H and O–H groups in total. The first kappa shape index (κ1) is 24.1. The summed E-state index contributed by atoms with van der Waals surface area (Å²) in [7, 11) is -1.88. The normalized spacial score (nSPS) is 13.4. The van der Waals surface area contributed by atoms with Gasteiger partial charge in [-0.2, -0.15) is 0 Å². The van der Waals surface area contributed by atoms with Gasteiger partial charge in [-0.1, -0.05) is 97.8 Å². The fourth-order valence-electron chi connectivity index (χ4n) is 2.76. The first-order chi connectivity index (χ1) is 11.5. The molecule has 146 valence electrons. The molecular formula is C21H46O2Si. The summed E-state index contributed by atoms with van der Waals surface area (Å²) in [5, 5.41) is 0. The summed E-state index contributed by atoms with van der Waals surface area (Å²) < 4.78 is 12.0. The highest BCUT2D eigenvalue weighted by molar-refractivity contribution is 6.64. The highest BCUT2D eigenvalue weighted by Crippen LogP contribution is 2.14. The number of rotatable bonds is 18. The molecule has 1 atom stereocenters. The van der Waals surface area contributed by atoms with Crippen LogP contribution in [-0.4, -0.2) is 21.8 Å². The van der Waals surface area contributed by atoms with Gasteiger partial charge < -0.3 is 8.85 Å². The van der Waals surface area contributed by atoms with Crippen molar-refractivity contribution in [2.75, 3.05) is 13.2 Å². The van der Waals surface area contributed by atoms with Crippen LogP contribution in [0.4, 0.5) is 0 Å². The van der Waals surface area contributed by atoms with Crippen molar-refractivity contribution in [3.63, 3.8) is 0 Å². The van der Waals surface area contributed by atoms with E-state index in [0.717, 1.165) is 13.2 Å². The summed E-state index contributed by atoms with van der Waals surface area (Å²) in [6.45, 7) is 12.8. The highest BCUT2D eigenvalue weighted by Gasteiger charge is 2.24. The van der Waals surface area contributed by atoms with Gasteiger partial charge in [0.15, 0.2) is 0 Å². The minimum atomic E-state index is -1.88. The molecule has 0 aromatic rings. The Labute approximate surface area is 154 Å². The topological polar surface area (TPSA) is 18.5 Å². The molecule has 0 bridgehead atoms. The van der Waals surface area contributed by atoms with Gasteiger partial charge in [-0.3, -0.25) is 0 Å². The predicted molar refractivity (Wildman–Crippen MR) is 110 cm³/mol. The van der Waals surface area contributed by atoms with E-state index >= 15 is 0 Å². The van der Waals surface area contributed by atoms with Gasteiger partial charge in [0.05, 0.1) is 0 Å². The maximum absolute atomic E-state index is 6.03. The van der Waals surface area contributed by atoms with Crippen LogP contribution in [0.5, 0.6) is 0 Å². The molecule has 0 aromatic heterocycles. The summed E-state index contributed by atoms with van der Waals surface area (Å²) in [6, 6.07) is 0. The molecule has 0 spiro atoms. The highest BCUT2D eigenvalue weighted by atomic mass is 28.4. The fraction of sp³-hybridized carbons (Fsp3) is 1.00. The minimum absolute atomic E-state index is 0.645. The molecule has 0 saturated carbocycles. The van der Waals surface area contributed by atoms with E-state index in [1.807, 2.05) is 0 Å². The van der Waals surface area contributed by atoms with E-state index in [0.29, 0.717) is 5.92 Å². The van der Waals surface area contributed by atoms with E-state index in [1.165, 1.54) is 83.5 Å². The fourth-order valence-corrected chi connectivity index (χ4v) is 4.17. The molecule has 24 heavy (non-hydrogen) atoms. The molecular weight excluding hydrogens is 312 g/mol. The molecule has 2 nitrogen and oxygen atoms in total. The van der Waals surface area contributed by atoms with Gasteiger partial charge in [0.1, 0.15) is 0 Å². The lowest BCUT2D eigenvalue weighted by Gasteiger charge is -2.24. The van der Waals surface area contributed by atoms with Crippen molar-refractivity contribution in [1.29, 1.82) is 0 Å². The lowest BCUT2D eigenvalue weighted by Crippen LogP contribution is -2.36. The molecule has 0 saturated heterocycles. The number of hydrogen-bond donors (Lipinski definition) is 0. The third-order valence-corrected chi connectivity index (χ3v) is 6.62. The molecule has 0 aromatic carbocycles. The number of unbranched alkanes of at least 4 members (excludes halogenated alkanes) is 11. The van der Waals surface area contributed by atoms with Gasteiger partial charge in [-0.25, -0.2) is 0 Å². The van der Waals surface area contributed by atoms with Crippen LogP contribution in [0.1, 0.15) is 104 Å². The lowest BCUT2D eigenvalue weighted by molar-refractivity contribution is 0.154. The maximum atomic E-state index is 6.03. The second kappa shape index (κ2) is 16.6. The van der Waals surface area contributed by atoms with Gasteiger partial charge >= 0.3 is 8.56 Å². The van der Waals surface area contributed by atoms with Crippen LogP contribution >= 0.6 is 0 Å². The van der Waals surface area contributed by atoms with E-state index in [4.69, 9.17) is 8.85 Å². The Morgan fingerprint density at radius 3 is 1.58 bits per heavy atom. The van der Waals surface area contributed by atoms with Crippen molar-refractivity contribution >= 4 is 8.56 Å². The molecule has 0 amide bonds. The monoisotopic (exact) mass is 358 g/mol.